The minimum atomic E-state index is -3.11. The van der Waals surface area contributed by atoms with Gasteiger partial charge in [-0.2, -0.15) is 5.26 Å². The average molecular weight is 380 g/mol. The summed E-state index contributed by atoms with van der Waals surface area (Å²) in [5.41, 5.74) is 7.04. The Morgan fingerprint density at radius 2 is 1.69 bits per heavy atom. The van der Waals surface area contributed by atoms with Crippen molar-refractivity contribution in [1.82, 2.24) is 0 Å². The lowest BCUT2D eigenvalue weighted by Gasteiger charge is -2.20. The Kier molecular flexibility index (Phi) is 5.08. The van der Waals surface area contributed by atoms with Gasteiger partial charge in [0.25, 0.3) is 0 Å². The largest absolute Gasteiger partial charge is 0.439 e. The molecule has 0 spiro atoms. The number of nitrogens with two attached hydrogens (primary N) is 1. The Labute approximate surface area is 157 Å². The summed E-state index contributed by atoms with van der Waals surface area (Å²) in [6, 6.07) is 20.3. The lowest BCUT2D eigenvalue weighted by atomic mass is 10.1. The van der Waals surface area contributed by atoms with Crippen LogP contribution in [0.5, 0.6) is 0 Å². The summed E-state index contributed by atoms with van der Waals surface area (Å²) in [5.74, 6) is 0.303. The molecule has 0 aliphatic rings. The number of benzene rings is 2. The van der Waals surface area contributed by atoms with E-state index in [1.807, 2.05) is 55.5 Å². The maximum atomic E-state index is 13.8. The molecule has 130 valence electrons. The van der Waals surface area contributed by atoms with Gasteiger partial charge in [-0.3, -0.25) is 0 Å². The third-order valence-electron chi connectivity index (χ3n) is 4.24. The fourth-order valence-corrected chi connectivity index (χ4v) is 6.03. The maximum Gasteiger partial charge on any atom is 0.203 e. The highest BCUT2D eigenvalue weighted by Gasteiger charge is 2.32. The molecule has 0 radical (unpaired) electrons. The molecule has 3 aromatic rings. The molecule has 6 heteroatoms. The smallest absolute Gasteiger partial charge is 0.203 e. The summed E-state index contributed by atoms with van der Waals surface area (Å²) in [5, 5.41) is 10.6. The number of nitriles is 1. The first kappa shape index (κ1) is 18.1. The third kappa shape index (κ3) is 2.99. The fraction of sp³-hybridized carbons (Fsp3) is 0.100. The fourth-order valence-electron chi connectivity index (χ4n) is 2.92. The van der Waals surface area contributed by atoms with Gasteiger partial charge in [0.05, 0.1) is 9.81 Å². The van der Waals surface area contributed by atoms with E-state index in [4.69, 9.17) is 22.4 Å². The zero-order chi connectivity index (χ0) is 18.7. The van der Waals surface area contributed by atoms with Gasteiger partial charge in [-0.05, 0) is 0 Å². The predicted octanol–water partition coefficient (Wildman–Crippen LogP) is 4.46. The SMILES string of the molecule is CCP(=O)(c1ccccc1)c1c(N)oc(-c2ccccc2)c(C#N)c1=S. The quantitative estimate of drug-likeness (QED) is 0.534. The third-order valence-corrected chi connectivity index (χ3v) is 7.99. The van der Waals surface area contributed by atoms with Crippen molar-refractivity contribution in [3.8, 4) is 17.4 Å². The van der Waals surface area contributed by atoms with Gasteiger partial charge in [-0.25, -0.2) is 0 Å². The lowest BCUT2D eigenvalue weighted by molar-refractivity contribution is 0.579. The zero-order valence-electron chi connectivity index (χ0n) is 14.2. The van der Waals surface area contributed by atoms with Crippen molar-refractivity contribution in [3.05, 3.63) is 70.7 Å². The van der Waals surface area contributed by atoms with Crippen LogP contribution < -0.4 is 16.3 Å². The number of anilines is 1. The van der Waals surface area contributed by atoms with Gasteiger partial charge in [-0.1, -0.05) is 79.8 Å². The Morgan fingerprint density at radius 3 is 2.23 bits per heavy atom. The summed E-state index contributed by atoms with van der Waals surface area (Å²) in [4.78, 5) is 0. The van der Waals surface area contributed by atoms with Gasteiger partial charge in [0.15, 0.2) is 5.76 Å². The van der Waals surface area contributed by atoms with E-state index in [0.717, 1.165) is 0 Å². The number of rotatable bonds is 4. The van der Waals surface area contributed by atoms with Crippen LogP contribution in [0.1, 0.15) is 12.5 Å². The molecule has 1 atom stereocenters. The summed E-state index contributed by atoms with van der Waals surface area (Å²) in [6.45, 7) is 1.82. The van der Waals surface area contributed by atoms with Crippen molar-refractivity contribution in [2.45, 2.75) is 6.92 Å². The minimum absolute atomic E-state index is 0.00175. The molecule has 0 aliphatic heterocycles. The van der Waals surface area contributed by atoms with Gasteiger partial charge in [-0.15, -0.1) is 0 Å². The molecule has 3 rings (SSSR count). The first-order chi connectivity index (χ1) is 12.5. The van der Waals surface area contributed by atoms with E-state index in [2.05, 4.69) is 6.07 Å². The second kappa shape index (κ2) is 7.29. The van der Waals surface area contributed by atoms with Crippen molar-refractivity contribution in [3.63, 3.8) is 0 Å². The van der Waals surface area contributed by atoms with Gasteiger partial charge in [0.2, 0.25) is 5.88 Å². The second-order valence-electron chi connectivity index (χ2n) is 5.72. The minimum Gasteiger partial charge on any atom is -0.439 e. The van der Waals surface area contributed by atoms with Crippen LogP contribution in [0.15, 0.2) is 65.1 Å². The highest BCUT2D eigenvalue weighted by Crippen LogP contribution is 2.46. The molecule has 1 unspecified atom stereocenters. The van der Waals surface area contributed by atoms with Crippen LogP contribution in [0.25, 0.3) is 11.3 Å². The molecule has 4 nitrogen and oxygen atoms in total. The molecule has 0 saturated heterocycles. The highest BCUT2D eigenvalue weighted by molar-refractivity contribution is 7.80. The maximum absolute atomic E-state index is 13.8. The van der Waals surface area contributed by atoms with Crippen LogP contribution in [0, 0.1) is 15.8 Å². The average Bonchev–Trinajstić information content (AvgIpc) is 2.68. The summed E-state index contributed by atoms with van der Waals surface area (Å²) in [7, 11) is -3.11. The van der Waals surface area contributed by atoms with E-state index in [0.29, 0.717) is 22.8 Å². The van der Waals surface area contributed by atoms with E-state index in [1.165, 1.54) is 0 Å². The lowest BCUT2D eigenvalue weighted by Crippen LogP contribution is -2.22. The standard InChI is InChI=1S/C20H17N2O2PS/c1-2-25(23,15-11-7-4-8-12-15)18-19(26)16(13-21)17(24-20(18)22)14-9-5-3-6-10-14/h3-12H,2,22H2,1H3. The number of nitrogens with zero attached hydrogens (tertiary/aromatic N) is 1. The van der Waals surface area contributed by atoms with Gasteiger partial charge < -0.3 is 14.7 Å². The Bertz CT molecular complexity index is 1090. The first-order valence-corrected chi connectivity index (χ1v) is 10.4. The first-order valence-electron chi connectivity index (χ1n) is 8.10. The van der Waals surface area contributed by atoms with Crippen LogP contribution in [-0.2, 0) is 4.57 Å². The predicted molar refractivity (Wildman–Crippen MR) is 108 cm³/mol. The van der Waals surface area contributed by atoms with E-state index in [9.17, 15) is 9.83 Å². The van der Waals surface area contributed by atoms with Crippen LogP contribution in [0.4, 0.5) is 5.88 Å². The molecule has 2 aromatic carbocycles. The number of hydrogen-bond acceptors (Lipinski definition) is 5. The Balaban J connectivity index is 2.33. The molecule has 1 aromatic heterocycles. The second-order valence-corrected chi connectivity index (χ2v) is 9.20. The van der Waals surface area contributed by atoms with Crippen molar-refractivity contribution in [1.29, 1.82) is 5.26 Å². The molecular formula is C20H17N2O2PS. The van der Waals surface area contributed by atoms with Gasteiger partial charge in [0, 0.05) is 17.0 Å². The van der Waals surface area contributed by atoms with Crippen molar-refractivity contribution in [2.75, 3.05) is 11.9 Å². The molecular weight excluding hydrogens is 363 g/mol. The van der Waals surface area contributed by atoms with Crippen molar-refractivity contribution < 1.29 is 8.98 Å². The number of nitrogen functional groups attached to an aromatic ring is 1. The van der Waals surface area contributed by atoms with E-state index >= 15 is 0 Å². The van der Waals surface area contributed by atoms with Crippen LogP contribution in [0.3, 0.4) is 0 Å². The zero-order valence-corrected chi connectivity index (χ0v) is 15.9. The molecule has 1 heterocycles. The van der Waals surface area contributed by atoms with Gasteiger partial charge >= 0.3 is 0 Å². The molecule has 0 aliphatic carbocycles. The van der Waals surface area contributed by atoms with E-state index in [1.54, 1.807) is 12.1 Å². The number of hydrogen-bond donors (Lipinski definition) is 1. The Morgan fingerprint density at radius 1 is 1.12 bits per heavy atom. The molecule has 26 heavy (non-hydrogen) atoms. The summed E-state index contributed by atoms with van der Waals surface area (Å²) in [6.07, 6.45) is 0.329. The molecule has 0 amide bonds. The normalized spacial score (nSPS) is 12.9. The van der Waals surface area contributed by atoms with Crippen molar-refractivity contribution in [2.24, 2.45) is 0 Å². The van der Waals surface area contributed by atoms with E-state index < -0.39 is 7.14 Å². The topological polar surface area (TPSA) is 80.0 Å². The Hall–Kier alpha value is -2.67. The summed E-state index contributed by atoms with van der Waals surface area (Å²) < 4.78 is 19.8. The monoisotopic (exact) mass is 380 g/mol. The molecule has 0 fully saturated rings. The van der Waals surface area contributed by atoms with Crippen LogP contribution in [0.2, 0.25) is 0 Å². The van der Waals surface area contributed by atoms with Gasteiger partial charge in [0.1, 0.15) is 18.8 Å². The van der Waals surface area contributed by atoms with Crippen LogP contribution in [-0.4, -0.2) is 6.16 Å². The molecule has 2 N–H and O–H groups in total. The summed E-state index contributed by atoms with van der Waals surface area (Å²) >= 11 is 5.55. The molecule has 0 saturated carbocycles. The van der Waals surface area contributed by atoms with Crippen molar-refractivity contribution >= 4 is 35.9 Å². The highest BCUT2D eigenvalue weighted by atomic mass is 32.1. The van der Waals surface area contributed by atoms with E-state index in [-0.39, 0.29) is 21.3 Å². The van der Waals surface area contributed by atoms with Crippen LogP contribution >= 0.6 is 19.4 Å². The molecule has 0 bridgehead atoms.